The first-order valence-electron chi connectivity index (χ1n) is 6.98. The van der Waals surface area contributed by atoms with Gasteiger partial charge in [0.25, 0.3) is 0 Å². The fourth-order valence-electron chi connectivity index (χ4n) is 3.12. The average Bonchev–Trinajstić information content (AvgIpc) is 2.83. The highest BCUT2D eigenvalue weighted by Crippen LogP contribution is 2.18. The monoisotopic (exact) mass is 260 g/mol. The highest BCUT2D eigenvalue weighted by molar-refractivity contribution is 5.67. The van der Waals surface area contributed by atoms with Gasteiger partial charge < -0.3 is 10.3 Å². The van der Waals surface area contributed by atoms with Gasteiger partial charge in [0.1, 0.15) is 0 Å². The summed E-state index contributed by atoms with van der Waals surface area (Å²) in [5.74, 6) is 0. The van der Waals surface area contributed by atoms with Crippen LogP contribution < -0.4 is 16.4 Å². The summed E-state index contributed by atoms with van der Waals surface area (Å²) in [7, 11) is 0. The van der Waals surface area contributed by atoms with E-state index in [1.807, 2.05) is 18.2 Å². The molecule has 0 aliphatic heterocycles. The summed E-state index contributed by atoms with van der Waals surface area (Å²) in [6.07, 6.45) is 15.3. The lowest BCUT2D eigenvalue weighted by molar-refractivity contribution is 0.979. The Morgan fingerprint density at radius 2 is 1.95 bits per heavy atom. The molecule has 0 fully saturated rings. The van der Waals surface area contributed by atoms with Gasteiger partial charge >= 0.3 is 0 Å². The SMILES string of the molecule is Nc1ccccc1-n1c2c(c3c1=CC=CC3)C=CCC=2. The van der Waals surface area contributed by atoms with Crippen LogP contribution in [-0.2, 0) is 6.42 Å². The number of anilines is 1. The summed E-state index contributed by atoms with van der Waals surface area (Å²) in [4.78, 5) is 0. The number of fused-ring (bicyclic) bond motifs is 3. The second kappa shape index (κ2) is 4.27. The van der Waals surface area contributed by atoms with Gasteiger partial charge in [0.15, 0.2) is 0 Å². The molecule has 0 unspecified atom stereocenters. The first-order chi connectivity index (χ1) is 9.86. The minimum Gasteiger partial charge on any atom is -0.397 e. The summed E-state index contributed by atoms with van der Waals surface area (Å²) >= 11 is 0. The highest BCUT2D eigenvalue weighted by atomic mass is 15.0. The number of aromatic nitrogens is 1. The number of rotatable bonds is 1. The van der Waals surface area contributed by atoms with E-state index in [4.69, 9.17) is 5.73 Å². The van der Waals surface area contributed by atoms with Crippen molar-refractivity contribution in [3.63, 3.8) is 0 Å². The molecule has 2 heteroatoms. The van der Waals surface area contributed by atoms with Crippen LogP contribution in [0.1, 0.15) is 17.5 Å². The Kier molecular flexibility index (Phi) is 2.43. The third-order valence-electron chi connectivity index (χ3n) is 4.01. The summed E-state index contributed by atoms with van der Waals surface area (Å²) < 4.78 is 2.30. The van der Waals surface area contributed by atoms with Crippen molar-refractivity contribution < 1.29 is 0 Å². The van der Waals surface area contributed by atoms with Gasteiger partial charge in [-0.15, -0.1) is 0 Å². The molecule has 2 aliphatic rings. The minimum atomic E-state index is 0.819. The van der Waals surface area contributed by atoms with E-state index in [1.165, 1.54) is 21.8 Å². The van der Waals surface area contributed by atoms with Crippen molar-refractivity contribution in [2.24, 2.45) is 0 Å². The van der Waals surface area contributed by atoms with Crippen LogP contribution in [0.25, 0.3) is 23.9 Å². The molecule has 0 atom stereocenters. The molecule has 1 aromatic heterocycles. The predicted octanol–water partition coefficient (Wildman–Crippen LogP) is 2.15. The van der Waals surface area contributed by atoms with E-state index in [9.17, 15) is 0 Å². The number of nitrogens with zero attached hydrogens (tertiary/aromatic N) is 1. The quantitative estimate of drug-likeness (QED) is 0.783. The molecular formula is C18H16N2. The average molecular weight is 260 g/mol. The fraction of sp³-hybridized carbons (Fsp3) is 0.111. The van der Waals surface area contributed by atoms with Gasteiger partial charge in [0.2, 0.25) is 0 Å². The van der Waals surface area contributed by atoms with Gasteiger partial charge in [-0.1, -0.05) is 42.5 Å². The van der Waals surface area contributed by atoms with Crippen molar-refractivity contribution in [1.82, 2.24) is 4.57 Å². The molecule has 0 radical (unpaired) electrons. The molecule has 4 rings (SSSR count). The van der Waals surface area contributed by atoms with Crippen molar-refractivity contribution >= 4 is 23.9 Å². The van der Waals surface area contributed by atoms with E-state index in [0.717, 1.165) is 24.2 Å². The Bertz CT molecular complexity index is 864. The summed E-state index contributed by atoms with van der Waals surface area (Å²) in [6.45, 7) is 0. The Labute approximate surface area is 117 Å². The highest BCUT2D eigenvalue weighted by Gasteiger charge is 2.16. The number of para-hydroxylation sites is 2. The summed E-state index contributed by atoms with van der Waals surface area (Å²) in [6, 6.07) is 8.08. The standard InChI is InChI=1S/C18H16N2/c19-15-9-3-6-12-18(15)20-16-10-4-1-7-13(16)14-8-2-5-11-17(14)20/h1-4,6,8-12H,5,7,19H2. The first-order valence-corrected chi connectivity index (χ1v) is 6.98. The largest absolute Gasteiger partial charge is 0.397 e. The van der Waals surface area contributed by atoms with E-state index < -0.39 is 0 Å². The zero-order valence-corrected chi connectivity index (χ0v) is 11.2. The number of allylic oxidation sites excluding steroid dienone is 3. The second-order valence-electron chi connectivity index (χ2n) is 5.20. The van der Waals surface area contributed by atoms with Gasteiger partial charge in [-0.2, -0.15) is 0 Å². The number of benzene rings is 1. The molecule has 0 spiro atoms. The number of hydrogen-bond acceptors (Lipinski definition) is 1. The molecule has 20 heavy (non-hydrogen) atoms. The summed E-state index contributed by atoms with van der Waals surface area (Å²) in [5.41, 5.74) is 10.8. The Morgan fingerprint density at radius 3 is 2.85 bits per heavy atom. The lowest BCUT2D eigenvalue weighted by atomic mass is 10.0. The molecular weight excluding hydrogens is 244 g/mol. The van der Waals surface area contributed by atoms with Crippen molar-refractivity contribution in [2.45, 2.75) is 12.8 Å². The molecule has 2 N–H and O–H groups in total. The van der Waals surface area contributed by atoms with Crippen LogP contribution in [0.2, 0.25) is 0 Å². The van der Waals surface area contributed by atoms with E-state index in [0.29, 0.717) is 0 Å². The molecule has 0 saturated heterocycles. The van der Waals surface area contributed by atoms with Crippen LogP contribution in [0.3, 0.4) is 0 Å². The molecule has 0 amide bonds. The molecule has 2 nitrogen and oxygen atoms in total. The van der Waals surface area contributed by atoms with Gasteiger partial charge in [-0.25, -0.2) is 0 Å². The Morgan fingerprint density at radius 1 is 1.05 bits per heavy atom. The molecule has 1 aromatic carbocycles. The molecule has 2 aromatic rings. The Hall–Kier alpha value is -2.48. The van der Waals surface area contributed by atoms with Gasteiger partial charge in [-0.3, -0.25) is 0 Å². The van der Waals surface area contributed by atoms with Crippen molar-refractivity contribution in [3.05, 3.63) is 64.3 Å². The van der Waals surface area contributed by atoms with E-state index in [1.54, 1.807) is 0 Å². The molecule has 2 aliphatic carbocycles. The zero-order chi connectivity index (χ0) is 13.5. The third-order valence-corrected chi connectivity index (χ3v) is 4.01. The summed E-state index contributed by atoms with van der Waals surface area (Å²) in [5, 5.41) is 2.54. The lowest BCUT2D eigenvalue weighted by Crippen LogP contribution is -2.27. The third kappa shape index (κ3) is 1.51. The first kappa shape index (κ1) is 11.4. The Balaban J connectivity index is 2.17. The minimum absolute atomic E-state index is 0.819. The van der Waals surface area contributed by atoms with Gasteiger partial charge in [0, 0.05) is 5.56 Å². The van der Waals surface area contributed by atoms with Crippen LogP contribution >= 0.6 is 0 Å². The van der Waals surface area contributed by atoms with Crippen LogP contribution in [0, 0.1) is 0 Å². The molecule has 0 bridgehead atoms. The molecule has 98 valence electrons. The van der Waals surface area contributed by atoms with E-state index in [-0.39, 0.29) is 0 Å². The van der Waals surface area contributed by atoms with Crippen LogP contribution in [0.15, 0.2) is 42.5 Å². The van der Waals surface area contributed by atoms with E-state index >= 15 is 0 Å². The predicted molar refractivity (Wildman–Crippen MR) is 84.9 cm³/mol. The fourth-order valence-corrected chi connectivity index (χ4v) is 3.12. The maximum Gasteiger partial charge on any atom is 0.0691 e. The van der Waals surface area contributed by atoms with Crippen molar-refractivity contribution in [2.75, 3.05) is 5.73 Å². The van der Waals surface area contributed by atoms with Crippen LogP contribution in [0.4, 0.5) is 5.69 Å². The zero-order valence-electron chi connectivity index (χ0n) is 11.2. The lowest BCUT2D eigenvalue weighted by Gasteiger charge is -2.10. The molecule has 1 heterocycles. The number of nitrogen functional groups attached to an aromatic ring is 1. The van der Waals surface area contributed by atoms with E-state index in [2.05, 4.69) is 47.1 Å². The van der Waals surface area contributed by atoms with Crippen LogP contribution in [0.5, 0.6) is 0 Å². The van der Waals surface area contributed by atoms with Crippen molar-refractivity contribution in [3.8, 4) is 5.69 Å². The van der Waals surface area contributed by atoms with Gasteiger partial charge in [0.05, 0.1) is 22.1 Å². The van der Waals surface area contributed by atoms with Crippen LogP contribution in [-0.4, -0.2) is 4.57 Å². The number of hydrogen-bond donors (Lipinski definition) is 1. The molecule has 0 saturated carbocycles. The topological polar surface area (TPSA) is 30.9 Å². The maximum atomic E-state index is 6.19. The second-order valence-corrected chi connectivity index (χ2v) is 5.20. The van der Waals surface area contributed by atoms with Crippen molar-refractivity contribution in [1.29, 1.82) is 0 Å². The maximum absolute atomic E-state index is 6.19. The normalized spacial score (nSPS) is 15.2. The number of nitrogens with two attached hydrogens (primary N) is 1. The van der Waals surface area contributed by atoms with Gasteiger partial charge in [-0.05, 0) is 36.6 Å². The smallest absolute Gasteiger partial charge is 0.0691 e.